The maximum absolute atomic E-state index is 11.1. The highest BCUT2D eigenvalue weighted by Gasteiger charge is 2.23. The highest BCUT2D eigenvalue weighted by atomic mass is 16.6. The molecule has 0 fully saturated rings. The SMILES string of the molecule is COc1c(-c2ncn(C(C)C)n2)cc(CO)cc1[N+](=O)[O-]. The van der Waals surface area contributed by atoms with E-state index < -0.39 is 4.92 Å². The lowest BCUT2D eigenvalue weighted by atomic mass is 10.1. The van der Waals surface area contributed by atoms with Crippen LogP contribution in [0.3, 0.4) is 0 Å². The molecule has 2 aromatic rings. The van der Waals surface area contributed by atoms with E-state index >= 15 is 0 Å². The van der Waals surface area contributed by atoms with Gasteiger partial charge in [-0.25, -0.2) is 9.67 Å². The van der Waals surface area contributed by atoms with E-state index in [4.69, 9.17) is 4.74 Å². The minimum atomic E-state index is -0.555. The molecular weight excluding hydrogens is 276 g/mol. The zero-order valence-corrected chi connectivity index (χ0v) is 12.0. The van der Waals surface area contributed by atoms with Gasteiger partial charge in [-0.2, -0.15) is 5.10 Å². The number of aliphatic hydroxyl groups excluding tert-OH is 1. The molecule has 1 aromatic heterocycles. The lowest BCUT2D eigenvalue weighted by Crippen LogP contribution is -2.02. The smallest absolute Gasteiger partial charge is 0.312 e. The second-order valence-corrected chi connectivity index (χ2v) is 4.75. The first kappa shape index (κ1) is 14.9. The van der Waals surface area contributed by atoms with E-state index in [2.05, 4.69) is 10.1 Å². The molecule has 8 nitrogen and oxygen atoms in total. The number of methoxy groups -OCH3 is 1. The third-order valence-corrected chi connectivity index (χ3v) is 2.99. The van der Waals surface area contributed by atoms with E-state index in [0.29, 0.717) is 17.0 Å². The molecule has 0 radical (unpaired) electrons. The third-order valence-electron chi connectivity index (χ3n) is 2.99. The van der Waals surface area contributed by atoms with Gasteiger partial charge in [0.2, 0.25) is 5.75 Å². The van der Waals surface area contributed by atoms with Crippen LogP contribution in [0, 0.1) is 10.1 Å². The molecule has 21 heavy (non-hydrogen) atoms. The first-order valence-electron chi connectivity index (χ1n) is 6.35. The molecular formula is C13H16N4O4. The Morgan fingerprint density at radius 3 is 2.67 bits per heavy atom. The number of aromatic nitrogens is 3. The van der Waals surface area contributed by atoms with Gasteiger partial charge in [0.25, 0.3) is 0 Å². The molecule has 0 saturated heterocycles. The maximum Gasteiger partial charge on any atom is 0.312 e. The summed E-state index contributed by atoms with van der Waals surface area (Å²) in [6, 6.07) is 2.99. The lowest BCUT2D eigenvalue weighted by molar-refractivity contribution is -0.385. The van der Waals surface area contributed by atoms with Crippen molar-refractivity contribution in [2.75, 3.05) is 7.11 Å². The van der Waals surface area contributed by atoms with Crippen molar-refractivity contribution in [3.63, 3.8) is 0 Å². The van der Waals surface area contributed by atoms with Crippen molar-refractivity contribution in [2.24, 2.45) is 0 Å². The molecule has 1 aromatic carbocycles. The van der Waals surface area contributed by atoms with Crippen molar-refractivity contribution < 1.29 is 14.8 Å². The molecule has 0 spiro atoms. The Morgan fingerprint density at radius 1 is 1.48 bits per heavy atom. The van der Waals surface area contributed by atoms with Crippen LogP contribution in [0.4, 0.5) is 5.69 Å². The standard InChI is InChI=1S/C13H16N4O4/c1-8(2)16-7-14-13(15-16)10-4-9(6-18)5-11(17(19)20)12(10)21-3/h4-5,7-8,18H,6H2,1-3H3. The van der Waals surface area contributed by atoms with Gasteiger partial charge >= 0.3 is 5.69 Å². The Morgan fingerprint density at radius 2 is 2.19 bits per heavy atom. The van der Waals surface area contributed by atoms with Crippen LogP contribution in [0.1, 0.15) is 25.5 Å². The zero-order chi connectivity index (χ0) is 15.6. The average Bonchev–Trinajstić information content (AvgIpc) is 2.95. The number of hydrogen-bond acceptors (Lipinski definition) is 6. The van der Waals surface area contributed by atoms with Gasteiger partial charge in [-0.05, 0) is 25.5 Å². The van der Waals surface area contributed by atoms with Crippen molar-refractivity contribution >= 4 is 5.69 Å². The molecule has 0 atom stereocenters. The van der Waals surface area contributed by atoms with Gasteiger partial charge in [-0.3, -0.25) is 10.1 Å². The molecule has 1 heterocycles. The van der Waals surface area contributed by atoms with E-state index in [-0.39, 0.29) is 24.1 Å². The summed E-state index contributed by atoms with van der Waals surface area (Å²) in [4.78, 5) is 14.7. The highest BCUT2D eigenvalue weighted by molar-refractivity contribution is 5.72. The summed E-state index contributed by atoms with van der Waals surface area (Å²) in [7, 11) is 1.35. The van der Waals surface area contributed by atoms with Crippen LogP contribution in [0.5, 0.6) is 5.75 Å². The molecule has 0 bridgehead atoms. The minimum absolute atomic E-state index is 0.0821. The largest absolute Gasteiger partial charge is 0.490 e. The van der Waals surface area contributed by atoms with Crippen LogP contribution in [0.25, 0.3) is 11.4 Å². The van der Waals surface area contributed by atoms with E-state index in [9.17, 15) is 15.2 Å². The molecule has 112 valence electrons. The summed E-state index contributed by atoms with van der Waals surface area (Å²) >= 11 is 0. The Labute approximate surface area is 121 Å². The zero-order valence-electron chi connectivity index (χ0n) is 12.0. The van der Waals surface area contributed by atoms with E-state index in [1.807, 2.05) is 13.8 Å². The first-order chi connectivity index (χ1) is 9.97. The van der Waals surface area contributed by atoms with Crippen molar-refractivity contribution in [2.45, 2.75) is 26.5 Å². The first-order valence-corrected chi connectivity index (χ1v) is 6.35. The van der Waals surface area contributed by atoms with Crippen LogP contribution in [-0.2, 0) is 6.61 Å². The summed E-state index contributed by atoms with van der Waals surface area (Å²) in [6.45, 7) is 3.58. The maximum atomic E-state index is 11.1. The monoisotopic (exact) mass is 292 g/mol. The molecule has 0 aliphatic carbocycles. The van der Waals surface area contributed by atoms with E-state index in [1.54, 1.807) is 17.1 Å². The second kappa shape index (κ2) is 5.88. The fraction of sp³-hybridized carbons (Fsp3) is 0.385. The number of hydrogen-bond donors (Lipinski definition) is 1. The number of benzene rings is 1. The number of rotatable bonds is 5. The van der Waals surface area contributed by atoms with Gasteiger partial charge in [-0.1, -0.05) is 0 Å². The van der Waals surface area contributed by atoms with Gasteiger partial charge in [-0.15, -0.1) is 0 Å². The van der Waals surface area contributed by atoms with Gasteiger partial charge in [0, 0.05) is 12.1 Å². The number of nitrogens with zero attached hydrogens (tertiary/aromatic N) is 4. The normalized spacial score (nSPS) is 10.9. The molecule has 1 N–H and O–H groups in total. The predicted octanol–water partition coefficient (Wildman–Crippen LogP) is 1.94. The summed E-state index contributed by atoms with van der Waals surface area (Å²) in [5.41, 5.74) is 0.563. The van der Waals surface area contributed by atoms with Crippen molar-refractivity contribution in [1.29, 1.82) is 0 Å². The number of nitro groups is 1. The van der Waals surface area contributed by atoms with Crippen LogP contribution in [0.15, 0.2) is 18.5 Å². The molecule has 0 aliphatic heterocycles. The summed E-state index contributed by atoms with van der Waals surface area (Å²) < 4.78 is 6.79. The molecule has 0 saturated carbocycles. The summed E-state index contributed by atoms with van der Waals surface area (Å²) in [5, 5.41) is 24.7. The summed E-state index contributed by atoms with van der Waals surface area (Å²) in [5.74, 6) is 0.401. The number of aliphatic hydroxyl groups is 1. The topological polar surface area (TPSA) is 103 Å². The summed E-state index contributed by atoms with van der Waals surface area (Å²) in [6.07, 6.45) is 1.55. The van der Waals surface area contributed by atoms with E-state index in [0.717, 1.165) is 0 Å². The highest BCUT2D eigenvalue weighted by Crippen LogP contribution is 2.37. The Bertz CT molecular complexity index is 666. The fourth-order valence-electron chi connectivity index (χ4n) is 1.93. The molecule has 0 amide bonds. The minimum Gasteiger partial charge on any atom is -0.490 e. The quantitative estimate of drug-likeness (QED) is 0.667. The van der Waals surface area contributed by atoms with Gasteiger partial charge < -0.3 is 9.84 Å². The van der Waals surface area contributed by atoms with Crippen molar-refractivity contribution in [1.82, 2.24) is 14.8 Å². The second-order valence-electron chi connectivity index (χ2n) is 4.75. The Hall–Kier alpha value is -2.48. The van der Waals surface area contributed by atoms with Gasteiger partial charge in [0.15, 0.2) is 5.82 Å². The number of nitro benzene ring substituents is 1. The average molecular weight is 292 g/mol. The van der Waals surface area contributed by atoms with Crippen LogP contribution in [0.2, 0.25) is 0 Å². The van der Waals surface area contributed by atoms with Crippen molar-refractivity contribution in [3.05, 3.63) is 34.1 Å². The van der Waals surface area contributed by atoms with Gasteiger partial charge in [0.1, 0.15) is 6.33 Å². The van der Waals surface area contributed by atoms with Crippen LogP contribution in [-0.4, -0.2) is 31.9 Å². The third kappa shape index (κ3) is 2.84. The van der Waals surface area contributed by atoms with Crippen LogP contribution >= 0.6 is 0 Å². The fourth-order valence-corrected chi connectivity index (χ4v) is 1.93. The Balaban J connectivity index is 2.64. The predicted molar refractivity (Wildman–Crippen MR) is 75.0 cm³/mol. The number of ether oxygens (including phenoxy) is 1. The van der Waals surface area contributed by atoms with Crippen LogP contribution < -0.4 is 4.74 Å². The molecule has 2 rings (SSSR count). The molecule has 0 unspecified atom stereocenters. The Kier molecular flexibility index (Phi) is 4.18. The van der Waals surface area contributed by atoms with E-state index in [1.165, 1.54) is 13.2 Å². The molecule has 0 aliphatic rings. The van der Waals surface area contributed by atoms with Crippen molar-refractivity contribution in [3.8, 4) is 17.1 Å². The van der Waals surface area contributed by atoms with Gasteiger partial charge in [0.05, 0.1) is 24.2 Å². The lowest BCUT2D eigenvalue weighted by Gasteiger charge is -2.08. The molecule has 8 heteroatoms.